The Kier molecular flexibility index (Phi) is 6.96. The van der Waals surface area contributed by atoms with Crippen molar-refractivity contribution in [1.82, 2.24) is 10.2 Å². The van der Waals surface area contributed by atoms with Gasteiger partial charge >= 0.3 is 0 Å². The molecule has 0 saturated carbocycles. The van der Waals surface area contributed by atoms with Gasteiger partial charge < -0.3 is 10.1 Å². The lowest BCUT2D eigenvalue weighted by atomic mass is 9.82. The van der Waals surface area contributed by atoms with Gasteiger partial charge in [-0.2, -0.15) is 0 Å². The molecule has 120 valence electrons. The van der Waals surface area contributed by atoms with E-state index in [-0.39, 0.29) is 0 Å². The van der Waals surface area contributed by atoms with Crippen molar-refractivity contribution >= 4 is 0 Å². The van der Waals surface area contributed by atoms with E-state index in [0.29, 0.717) is 23.6 Å². The van der Waals surface area contributed by atoms with Crippen LogP contribution in [0.3, 0.4) is 0 Å². The Balaban J connectivity index is 2.63. The van der Waals surface area contributed by atoms with Crippen LogP contribution in [0.15, 0.2) is 0 Å². The van der Waals surface area contributed by atoms with Gasteiger partial charge in [0.25, 0.3) is 0 Å². The number of ether oxygens (including phenoxy) is 1. The second kappa shape index (κ2) is 7.77. The topological polar surface area (TPSA) is 24.5 Å². The molecule has 1 saturated heterocycles. The molecule has 3 atom stereocenters. The molecule has 1 N–H and O–H groups in total. The number of hydrogen-bond donors (Lipinski definition) is 1. The maximum atomic E-state index is 5.77. The molecule has 0 aromatic carbocycles. The number of rotatable bonds is 6. The van der Waals surface area contributed by atoms with Crippen molar-refractivity contribution in [2.75, 3.05) is 26.2 Å². The minimum atomic E-state index is 0.311. The number of nitrogens with zero attached hydrogens (tertiary/aromatic N) is 1. The molecule has 1 rings (SSSR count). The monoisotopic (exact) mass is 284 g/mol. The Hall–Kier alpha value is -0.120. The summed E-state index contributed by atoms with van der Waals surface area (Å²) in [7, 11) is 0. The van der Waals surface area contributed by atoms with Crippen LogP contribution in [0.4, 0.5) is 0 Å². The Morgan fingerprint density at radius 1 is 1.25 bits per heavy atom. The van der Waals surface area contributed by atoms with Gasteiger partial charge in [0.05, 0.1) is 12.7 Å². The first-order valence-corrected chi connectivity index (χ1v) is 8.34. The zero-order chi connectivity index (χ0) is 15.3. The van der Waals surface area contributed by atoms with Crippen molar-refractivity contribution in [1.29, 1.82) is 0 Å². The number of nitrogens with one attached hydrogen (secondary N) is 1. The maximum Gasteiger partial charge on any atom is 0.0597 e. The fourth-order valence-electron chi connectivity index (χ4n) is 3.01. The first-order valence-electron chi connectivity index (χ1n) is 8.34. The van der Waals surface area contributed by atoms with E-state index < -0.39 is 0 Å². The van der Waals surface area contributed by atoms with E-state index in [0.717, 1.165) is 32.2 Å². The van der Waals surface area contributed by atoms with Crippen molar-refractivity contribution in [3.05, 3.63) is 0 Å². The lowest BCUT2D eigenvalue weighted by Crippen LogP contribution is -2.62. The smallest absolute Gasteiger partial charge is 0.0597 e. The fraction of sp³-hybridized carbons (Fsp3) is 1.00. The third-order valence-electron chi connectivity index (χ3n) is 4.61. The lowest BCUT2D eigenvalue weighted by Gasteiger charge is -2.47. The molecule has 1 fully saturated rings. The summed E-state index contributed by atoms with van der Waals surface area (Å²) in [6.45, 7) is 20.1. The van der Waals surface area contributed by atoms with Gasteiger partial charge in [0.1, 0.15) is 0 Å². The van der Waals surface area contributed by atoms with Gasteiger partial charge in [0.15, 0.2) is 0 Å². The molecule has 0 aromatic rings. The van der Waals surface area contributed by atoms with E-state index in [1.807, 2.05) is 0 Å². The number of hydrogen-bond acceptors (Lipinski definition) is 3. The third kappa shape index (κ3) is 5.34. The maximum absolute atomic E-state index is 5.77. The summed E-state index contributed by atoms with van der Waals surface area (Å²) in [4.78, 5) is 2.65. The highest BCUT2D eigenvalue weighted by molar-refractivity contribution is 4.93. The summed E-state index contributed by atoms with van der Waals surface area (Å²) in [5, 5.41) is 3.77. The van der Waals surface area contributed by atoms with Crippen molar-refractivity contribution in [2.45, 2.75) is 73.1 Å². The quantitative estimate of drug-likeness (QED) is 0.811. The van der Waals surface area contributed by atoms with Crippen LogP contribution >= 0.6 is 0 Å². The largest absolute Gasteiger partial charge is 0.377 e. The second-order valence-corrected chi connectivity index (χ2v) is 7.70. The highest BCUT2D eigenvalue weighted by Crippen LogP contribution is 2.27. The first-order chi connectivity index (χ1) is 9.25. The molecule has 1 aliphatic rings. The molecule has 0 radical (unpaired) electrons. The molecule has 0 aromatic heterocycles. The highest BCUT2D eigenvalue weighted by Gasteiger charge is 2.36. The lowest BCUT2D eigenvalue weighted by molar-refractivity contribution is 0.00368. The Bertz CT molecular complexity index is 273. The van der Waals surface area contributed by atoms with E-state index in [2.05, 4.69) is 58.7 Å². The molecule has 3 nitrogen and oxygen atoms in total. The molecule has 0 amide bonds. The van der Waals surface area contributed by atoms with E-state index in [1.165, 1.54) is 6.42 Å². The molecule has 1 aliphatic heterocycles. The Morgan fingerprint density at radius 2 is 1.90 bits per heavy atom. The normalized spacial score (nSPS) is 27.0. The van der Waals surface area contributed by atoms with Gasteiger partial charge in [-0.05, 0) is 25.2 Å². The Morgan fingerprint density at radius 3 is 2.40 bits per heavy atom. The molecule has 20 heavy (non-hydrogen) atoms. The van der Waals surface area contributed by atoms with Crippen molar-refractivity contribution < 1.29 is 4.74 Å². The van der Waals surface area contributed by atoms with Crippen molar-refractivity contribution in [2.24, 2.45) is 11.3 Å². The summed E-state index contributed by atoms with van der Waals surface area (Å²) in [5.74, 6) is 0.740. The summed E-state index contributed by atoms with van der Waals surface area (Å²) >= 11 is 0. The molecular formula is C17H36N2O. The van der Waals surface area contributed by atoms with Crippen LogP contribution < -0.4 is 5.32 Å². The molecule has 0 bridgehead atoms. The van der Waals surface area contributed by atoms with Crippen LogP contribution in [0.25, 0.3) is 0 Å². The second-order valence-electron chi connectivity index (χ2n) is 7.70. The summed E-state index contributed by atoms with van der Waals surface area (Å²) in [5.41, 5.74) is 0.311. The van der Waals surface area contributed by atoms with Gasteiger partial charge in [-0.25, -0.2) is 0 Å². The average molecular weight is 284 g/mol. The molecule has 0 aliphatic carbocycles. The van der Waals surface area contributed by atoms with Crippen molar-refractivity contribution in [3.63, 3.8) is 0 Å². The van der Waals surface area contributed by atoms with Gasteiger partial charge in [-0.3, -0.25) is 4.90 Å². The highest BCUT2D eigenvalue weighted by atomic mass is 16.5. The van der Waals surface area contributed by atoms with E-state index in [9.17, 15) is 0 Å². The first kappa shape index (κ1) is 17.9. The zero-order valence-electron chi connectivity index (χ0n) is 14.7. The predicted octanol–water partition coefficient (Wildman–Crippen LogP) is 3.15. The average Bonchev–Trinajstić information content (AvgIpc) is 2.36. The van der Waals surface area contributed by atoms with Gasteiger partial charge in [-0.1, -0.05) is 41.0 Å². The predicted molar refractivity (Wildman–Crippen MR) is 87.1 cm³/mol. The minimum Gasteiger partial charge on any atom is -0.377 e. The summed E-state index contributed by atoms with van der Waals surface area (Å²) < 4.78 is 5.77. The molecule has 3 unspecified atom stereocenters. The summed E-state index contributed by atoms with van der Waals surface area (Å²) in [6.07, 6.45) is 1.57. The minimum absolute atomic E-state index is 0.311. The van der Waals surface area contributed by atoms with Gasteiger partial charge in [0.2, 0.25) is 0 Å². The molecular weight excluding hydrogens is 248 g/mol. The standard InChI is InChI=1S/C17H36N2O/c1-8-14(4)15-12-19(9-10-20-13(2)3)16(11-18-15)17(5,6)7/h13-16,18H,8-12H2,1-7H3. The van der Waals surface area contributed by atoms with E-state index >= 15 is 0 Å². The molecule has 0 spiro atoms. The summed E-state index contributed by atoms with van der Waals surface area (Å²) in [6, 6.07) is 1.22. The van der Waals surface area contributed by atoms with Crippen LogP contribution in [0.2, 0.25) is 0 Å². The zero-order valence-corrected chi connectivity index (χ0v) is 14.7. The van der Waals surface area contributed by atoms with E-state index in [4.69, 9.17) is 4.74 Å². The third-order valence-corrected chi connectivity index (χ3v) is 4.61. The van der Waals surface area contributed by atoms with Gasteiger partial charge in [0, 0.05) is 31.7 Å². The van der Waals surface area contributed by atoms with Gasteiger partial charge in [-0.15, -0.1) is 0 Å². The molecule has 1 heterocycles. The number of piperazine rings is 1. The van der Waals surface area contributed by atoms with Crippen LogP contribution in [0.1, 0.15) is 54.9 Å². The van der Waals surface area contributed by atoms with Crippen LogP contribution in [0, 0.1) is 11.3 Å². The SMILES string of the molecule is CCC(C)C1CN(CCOC(C)C)C(C(C)(C)C)CN1. The van der Waals surface area contributed by atoms with Crippen LogP contribution in [0.5, 0.6) is 0 Å². The van der Waals surface area contributed by atoms with Crippen LogP contribution in [-0.2, 0) is 4.74 Å². The van der Waals surface area contributed by atoms with Crippen molar-refractivity contribution in [3.8, 4) is 0 Å². The van der Waals surface area contributed by atoms with E-state index in [1.54, 1.807) is 0 Å². The Labute approximate surface area is 126 Å². The fourth-order valence-corrected chi connectivity index (χ4v) is 3.01. The molecule has 3 heteroatoms. The van der Waals surface area contributed by atoms with Crippen LogP contribution in [-0.4, -0.2) is 49.3 Å².